The molecule has 0 aliphatic heterocycles. The van der Waals surface area contributed by atoms with E-state index in [1.807, 2.05) is 6.08 Å². The Balaban J connectivity index is 2.59. The number of aliphatic hydroxyl groups is 1. The van der Waals surface area contributed by atoms with Gasteiger partial charge in [0.1, 0.15) is 6.17 Å². The number of unbranched alkanes of at least 4 members (excludes halogenated alkanes) is 4. The molecule has 0 spiro atoms. The highest BCUT2D eigenvalue weighted by Crippen LogP contribution is 2.48. The van der Waals surface area contributed by atoms with E-state index >= 15 is 0 Å². The summed E-state index contributed by atoms with van der Waals surface area (Å²) in [6.45, 7) is 1.30. The molecule has 0 saturated heterocycles. The number of methoxy groups -OCH3 is 2. The van der Waals surface area contributed by atoms with Crippen molar-refractivity contribution < 1.29 is 29.2 Å². The van der Waals surface area contributed by atoms with Crippen LogP contribution in [0.1, 0.15) is 49.7 Å². The molecule has 0 saturated carbocycles. The third-order valence-corrected chi connectivity index (χ3v) is 4.18. The molecule has 1 atom stereocenters. The minimum absolute atomic E-state index is 0.0542. The van der Waals surface area contributed by atoms with Gasteiger partial charge >= 0.3 is 0 Å². The molecule has 142 valence electrons. The predicted molar refractivity (Wildman–Crippen MR) is 96.3 cm³/mol. The fraction of sp³-hybridized carbons (Fsp3) is 0.579. The Morgan fingerprint density at radius 1 is 1.00 bits per heavy atom. The Hall–Kier alpha value is -1.95. The topological polar surface area (TPSA) is 79.2 Å². The summed E-state index contributed by atoms with van der Waals surface area (Å²) < 4.78 is 23.1. The van der Waals surface area contributed by atoms with Crippen molar-refractivity contribution in [2.75, 3.05) is 20.8 Å². The lowest BCUT2D eigenvalue weighted by molar-refractivity contribution is 0.167. The largest absolute Gasteiger partial charge is 0.504 e. The van der Waals surface area contributed by atoms with Crippen LogP contribution in [0, 0.1) is 6.92 Å². The van der Waals surface area contributed by atoms with E-state index in [1.165, 1.54) is 14.2 Å². The van der Waals surface area contributed by atoms with Gasteiger partial charge in [0.25, 0.3) is 0 Å². The SMILES string of the molecule is COc1c(O)c(C)c(/C=C/CCCCCCC(F)CO)c(O)c1OC. The lowest BCUT2D eigenvalue weighted by Gasteiger charge is -2.16. The molecule has 0 radical (unpaired) electrons. The molecule has 25 heavy (non-hydrogen) atoms. The summed E-state index contributed by atoms with van der Waals surface area (Å²) in [4.78, 5) is 0. The first-order chi connectivity index (χ1) is 12.0. The summed E-state index contributed by atoms with van der Waals surface area (Å²) in [7, 11) is 2.80. The summed E-state index contributed by atoms with van der Waals surface area (Å²) in [5, 5.41) is 29.1. The predicted octanol–water partition coefficient (Wildman–Crippen LogP) is 4.11. The monoisotopic (exact) mass is 356 g/mol. The highest BCUT2D eigenvalue weighted by atomic mass is 19.1. The molecule has 5 nitrogen and oxygen atoms in total. The maximum Gasteiger partial charge on any atom is 0.207 e. The van der Waals surface area contributed by atoms with Crippen molar-refractivity contribution in [2.45, 2.75) is 51.6 Å². The molecule has 1 aromatic rings. The first kappa shape index (κ1) is 21.1. The van der Waals surface area contributed by atoms with Crippen molar-refractivity contribution in [3.63, 3.8) is 0 Å². The Kier molecular flexibility index (Phi) is 9.13. The van der Waals surface area contributed by atoms with Crippen LogP contribution in [0.25, 0.3) is 6.08 Å². The van der Waals surface area contributed by atoms with Crippen molar-refractivity contribution in [2.24, 2.45) is 0 Å². The Labute approximate surface area is 148 Å². The van der Waals surface area contributed by atoms with E-state index < -0.39 is 12.8 Å². The van der Waals surface area contributed by atoms with Gasteiger partial charge in [-0.2, -0.15) is 0 Å². The fourth-order valence-corrected chi connectivity index (χ4v) is 2.67. The van der Waals surface area contributed by atoms with E-state index in [2.05, 4.69) is 0 Å². The molecule has 0 amide bonds. The summed E-state index contributed by atoms with van der Waals surface area (Å²) >= 11 is 0. The van der Waals surface area contributed by atoms with Crippen LogP contribution in [0.4, 0.5) is 4.39 Å². The van der Waals surface area contributed by atoms with Crippen LogP contribution in [0.2, 0.25) is 0 Å². The number of rotatable bonds is 11. The van der Waals surface area contributed by atoms with Crippen LogP contribution in [0.15, 0.2) is 6.08 Å². The zero-order chi connectivity index (χ0) is 18.8. The van der Waals surface area contributed by atoms with E-state index in [9.17, 15) is 14.6 Å². The van der Waals surface area contributed by atoms with E-state index in [4.69, 9.17) is 14.6 Å². The molecule has 0 fully saturated rings. The smallest absolute Gasteiger partial charge is 0.207 e. The summed E-state index contributed by atoms with van der Waals surface area (Å²) in [5.41, 5.74) is 1.02. The van der Waals surface area contributed by atoms with Crippen molar-refractivity contribution >= 4 is 6.08 Å². The molecule has 0 aliphatic carbocycles. The van der Waals surface area contributed by atoms with Gasteiger partial charge in [-0.1, -0.05) is 31.4 Å². The van der Waals surface area contributed by atoms with Gasteiger partial charge in [0.2, 0.25) is 11.5 Å². The zero-order valence-corrected chi connectivity index (χ0v) is 15.2. The molecule has 0 heterocycles. The number of ether oxygens (including phenoxy) is 2. The summed E-state index contributed by atoms with van der Waals surface area (Å²) in [6, 6.07) is 0. The van der Waals surface area contributed by atoms with E-state index in [0.717, 1.165) is 32.1 Å². The van der Waals surface area contributed by atoms with Gasteiger partial charge in [-0.05, 0) is 26.2 Å². The molecule has 1 rings (SSSR count). The van der Waals surface area contributed by atoms with Crippen molar-refractivity contribution in [1.82, 2.24) is 0 Å². The van der Waals surface area contributed by atoms with Crippen LogP contribution < -0.4 is 9.47 Å². The number of halogens is 1. The Bertz CT molecular complexity index is 572. The number of aromatic hydroxyl groups is 2. The Morgan fingerprint density at radius 2 is 1.60 bits per heavy atom. The zero-order valence-electron chi connectivity index (χ0n) is 15.2. The second-order valence-electron chi connectivity index (χ2n) is 5.98. The lowest BCUT2D eigenvalue weighted by Crippen LogP contribution is -2.04. The minimum Gasteiger partial charge on any atom is -0.504 e. The molecular weight excluding hydrogens is 327 g/mol. The maximum atomic E-state index is 12.8. The number of phenols is 2. The van der Waals surface area contributed by atoms with Gasteiger partial charge < -0.3 is 24.8 Å². The highest BCUT2D eigenvalue weighted by Gasteiger charge is 2.21. The highest BCUT2D eigenvalue weighted by molar-refractivity contribution is 5.74. The molecule has 1 aromatic carbocycles. The van der Waals surface area contributed by atoms with Crippen molar-refractivity contribution in [3.8, 4) is 23.0 Å². The Morgan fingerprint density at radius 3 is 2.20 bits per heavy atom. The van der Waals surface area contributed by atoms with Crippen molar-refractivity contribution in [3.05, 3.63) is 17.2 Å². The van der Waals surface area contributed by atoms with Crippen LogP contribution in [-0.4, -0.2) is 42.3 Å². The number of allylic oxidation sites excluding steroid dienone is 1. The third kappa shape index (κ3) is 5.81. The fourth-order valence-electron chi connectivity index (χ4n) is 2.67. The third-order valence-electron chi connectivity index (χ3n) is 4.18. The quantitative estimate of drug-likeness (QED) is 0.411. The average molecular weight is 356 g/mol. The first-order valence-corrected chi connectivity index (χ1v) is 8.55. The van der Waals surface area contributed by atoms with Crippen LogP contribution in [0.3, 0.4) is 0 Å². The molecule has 1 unspecified atom stereocenters. The van der Waals surface area contributed by atoms with E-state index in [1.54, 1.807) is 13.0 Å². The van der Waals surface area contributed by atoms with Gasteiger partial charge in [0.05, 0.1) is 20.8 Å². The second kappa shape index (κ2) is 10.8. The maximum absolute atomic E-state index is 12.8. The number of benzene rings is 1. The number of aliphatic hydroxyl groups excluding tert-OH is 1. The molecular formula is C19H29FO5. The summed E-state index contributed by atoms with van der Waals surface area (Å²) in [5.74, 6) is 0.101. The number of alkyl halides is 1. The van der Waals surface area contributed by atoms with Gasteiger partial charge in [0.15, 0.2) is 11.5 Å². The lowest BCUT2D eigenvalue weighted by atomic mass is 10.0. The number of hydrogen-bond donors (Lipinski definition) is 3. The standard InChI is InChI=1S/C19H29FO5/c1-13-15(17(23)19(25-3)18(24-2)16(13)22)11-9-7-5-4-6-8-10-14(20)12-21/h9,11,14,21-23H,4-8,10,12H2,1-3H3/b11-9+. The number of hydrogen-bond acceptors (Lipinski definition) is 5. The van der Waals surface area contributed by atoms with Gasteiger partial charge in [0, 0.05) is 11.1 Å². The normalized spacial score (nSPS) is 12.5. The molecule has 6 heteroatoms. The number of phenolic OH excluding ortho intramolecular Hbond substituents is 2. The first-order valence-electron chi connectivity index (χ1n) is 8.55. The van der Waals surface area contributed by atoms with Gasteiger partial charge in [-0.3, -0.25) is 0 Å². The van der Waals surface area contributed by atoms with Crippen molar-refractivity contribution in [1.29, 1.82) is 0 Å². The molecule has 0 bridgehead atoms. The van der Waals surface area contributed by atoms with Gasteiger partial charge in [-0.25, -0.2) is 4.39 Å². The molecule has 3 N–H and O–H groups in total. The molecule has 0 aromatic heterocycles. The van der Waals surface area contributed by atoms with E-state index in [0.29, 0.717) is 17.5 Å². The van der Waals surface area contributed by atoms with Crippen LogP contribution in [0.5, 0.6) is 23.0 Å². The van der Waals surface area contributed by atoms with Gasteiger partial charge in [-0.15, -0.1) is 0 Å². The summed E-state index contributed by atoms with van der Waals surface area (Å²) in [6.07, 6.45) is 7.43. The van der Waals surface area contributed by atoms with E-state index in [-0.39, 0.29) is 23.0 Å². The van der Waals surface area contributed by atoms with Crippen LogP contribution >= 0.6 is 0 Å². The molecule has 0 aliphatic rings. The minimum atomic E-state index is -1.11. The second-order valence-corrected chi connectivity index (χ2v) is 5.98. The average Bonchev–Trinajstić information content (AvgIpc) is 2.62. The van der Waals surface area contributed by atoms with Crippen LogP contribution in [-0.2, 0) is 0 Å².